The molecule has 0 radical (unpaired) electrons. The first kappa shape index (κ1) is 11.7. The molecule has 1 saturated heterocycles. The fraction of sp³-hybridized carbons (Fsp3) is 0.143. The zero-order valence-electron chi connectivity index (χ0n) is 9.82. The molecule has 2 aromatic carbocycles. The fourth-order valence-corrected chi connectivity index (χ4v) is 2.13. The normalized spacial score (nSPS) is 21.3. The van der Waals surface area contributed by atoms with Gasteiger partial charge in [0.2, 0.25) is 0 Å². The van der Waals surface area contributed by atoms with Crippen LogP contribution in [0, 0.1) is 0 Å². The lowest BCUT2D eigenvalue weighted by molar-refractivity contribution is 0.364. The number of phenolic OH excluding ortho intramolecular Hbond substituents is 4. The maximum absolute atomic E-state index is 9.74. The molecule has 0 amide bonds. The standard InChI is InChI=1S/C14H12O5/c15-7-1-3-9(11(17)5-7)13-14(19-13)10-4-2-8(16)6-12(10)18/h1-6,13-18H. The topological polar surface area (TPSA) is 93.5 Å². The molecule has 5 heteroatoms. The smallest absolute Gasteiger partial charge is 0.125 e. The number of hydrogen-bond donors (Lipinski definition) is 4. The molecule has 1 fully saturated rings. The van der Waals surface area contributed by atoms with Crippen LogP contribution in [0.1, 0.15) is 23.3 Å². The van der Waals surface area contributed by atoms with Crippen molar-refractivity contribution in [1.29, 1.82) is 0 Å². The Bertz CT molecular complexity index is 582. The maximum atomic E-state index is 9.74. The molecule has 4 N–H and O–H groups in total. The van der Waals surface area contributed by atoms with E-state index >= 15 is 0 Å². The number of ether oxygens (including phenoxy) is 1. The van der Waals surface area contributed by atoms with Gasteiger partial charge in [0.25, 0.3) is 0 Å². The van der Waals surface area contributed by atoms with Gasteiger partial charge in [0.15, 0.2) is 0 Å². The van der Waals surface area contributed by atoms with Gasteiger partial charge in [0.05, 0.1) is 0 Å². The van der Waals surface area contributed by atoms with Gasteiger partial charge in [0.1, 0.15) is 35.2 Å². The molecular weight excluding hydrogens is 248 g/mol. The van der Waals surface area contributed by atoms with Gasteiger partial charge in [0, 0.05) is 23.3 Å². The molecule has 0 spiro atoms. The molecule has 0 aromatic heterocycles. The number of phenols is 4. The first-order valence-electron chi connectivity index (χ1n) is 5.75. The second kappa shape index (κ2) is 4.07. The number of aromatic hydroxyl groups is 4. The molecule has 1 aliphatic heterocycles. The second-order valence-electron chi connectivity index (χ2n) is 4.46. The van der Waals surface area contributed by atoms with Crippen molar-refractivity contribution in [3.63, 3.8) is 0 Å². The number of benzene rings is 2. The monoisotopic (exact) mass is 260 g/mol. The quantitative estimate of drug-likeness (QED) is 0.622. The van der Waals surface area contributed by atoms with Crippen molar-refractivity contribution >= 4 is 0 Å². The van der Waals surface area contributed by atoms with Gasteiger partial charge in [-0.05, 0) is 24.3 Å². The van der Waals surface area contributed by atoms with Crippen molar-refractivity contribution in [2.75, 3.05) is 0 Å². The molecule has 2 atom stereocenters. The van der Waals surface area contributed by atoms with Crippen LogP contribution in [0.4, 0.5) is 0 Å². The first-order chi connectivity index (χ1) is 9.06. The molecule has 2 unspecified atom stereocenters. The zero-order valence-corrected chi connectivity index (χ0v) is 9.82. The summed E-state index contributed by atoms with van der Waals surface area (Å²) in [6.07, 6.45) is -0.730. The Balaban J connectivity index is 1.88. The predicted molar refractivity (Wildman–Crippen MR) is 66.1 cm³/mol. The summed E-state index contributed by atoms with van der Waals surface area (Å²) in [4.78, 5) is 0. The van der Waals surface area contributed by atoms with Crippen LogP contribution in [0.2, 0.25) is 0 Å². The third kappa shape index (κ3) is 2.04. The Morgan fingerprint density at radius 2 is 1.11 bits per heavy atom. The van der Waals surface area contributed by atoms with Gasteiger partial charge in [-0.25, -0.2) is 0 Å². The average molecular weight is 260 g/mol. The Labute approximate surface area is 109 Å². The molecule has 1 heterocycles. The molecule has 0 aliphatic carbocycles. The molecule has 0 saturated carbocycles. The van der Waals surface area contributed by atoms with E-state index in [0.717, 1.165) is 0 Å². The van der Waals surface area contributed by atoms with Gasteiger partial charge in [-0.3, -0.25) is 0 Å². The maximum Gasteiger partial charge on any atom is 0.125 e. The Hall–Kier alpha value is -2.40. The minimum Gasteiger partial charge on any atom is -0.508 e. The molecule has 5 nitrogen and oxygen atoms in total. The van der Waals surface area contributed by atoms with Crippen LogP contribution in [-0.2, 0) is 4.74 Å². The average Bonchev–Trinajstić information content (AvgIpc) is 3.08. The number of hydrogen-bond acceptors (Lipinski definition) is 5. The summed E-state index contributed by atoms with van der Waals surface area (Å²) in [5, 5.41) is 37.9. The molecular formula is C14H12O5. The Morgan fingerprint density at radius 3 is 1.47 bits per heavy atom. The fourth-order valence-electron chi connectivity index (χ4n) is 2.13. The van der Waals surface area contributed by atoms with Crippen LogP contribution in [0.3, 0.4) is 0 Å². The van der Waals surface area contributed by atoms with Crippen LogP contribution in [-0.4, -0.2) is 20.4 Å². The molecule has 98 valence electrons. The Morgan fingerprint density at radius 1 is 0.684 bits per heavy atom. The van der Waals surface area contributed by atoms with Gasteiger partial charge in [-0.1, -0.05) is 0 Å². The Kier molecular flexibility index (Phi) is 2.50. The van der Waals surface area contributed by atoms with E-state index in [9.17, 15) is 20.4 Å². The minimum atomic E-state index is -0.365. The molecule has 0 bridgehead atoms. The highest BCUT2D eigenvalue weighted by Gasteiger charge is 2.44. The lowest BCUT2D eigenvalue weighted by Crippen LogP contribution is -1.86. The van der Waals surface area contributed by atoms with Crippen molar-refractivity contribution < 1.29 is 25.2 Å². The highest BCUT2D eigenvalue weighted by atomic mass is 16.6. The van der Waals surface area contributed by atoms with Crippen LogP contribution >= 0.6 is 0 Å². The van der Waals surface area contributed by atoms with Crippen molar-refractivity contribution in [1.82, 2.24) is 0 Å². The van der Waals surface area contributed by atoms with Crippen LogP contribution in [0.25, 0.3) is 0 Å². The molecule has 1 aliphatic rings. The zero-order chi connectivity index (χ0) is 13.6. The molecule has 3 rings (SSSR count). The lowest BCUT2D eigenvalue weighted by atomic mass is 10.0. The van der Waals surface area contributed by atoms with E-state index < -0.39 is 0 Å². The highest BCUT2D eigenvalue weighted by Crippen LogP contribution is 2.55. The third-order valence-electron chi connectivity index (χ3n) is 3.13. The van der Waals surface area contributed by atoms with Gasteiger partial charge >= 0.3 is 0 Å². The van der Waals surface area contributed by atoms with Crippen molar-refractivity contribution in [2.24, 2.45) is 0 Å². The van der Waals surface area contributed by atoms with Crippen LogP contribution in [0.15, 0.2) is 36.4 Å². The van der Waals surface area contributed by atoms with E-state index in [1.807, 2.05) is 0 Å². The number of rotatable bonds is 2. The SMILES string of the molecule is Oc1ccc(C2OC2c2ccc(O)cc2O)c(O)c1. The van der Waals surface area contributed by atoms with Crippen molar-refractivity contribution in [3.8, 4) is 23.0 Å². The minimum absolute atomic E-state index is 0.0223. The summed E-state index contributed by atoms with van der Waals surface area (Å²) in [5.41, 5.74) is 1.10. The summed E-state index contributed by atoms with van der Waals surface area (Å²) >= 11 is 0. The van der Waals surface area contributed by atoms with E-state index in [4.69, 9.17) is 4.74 Å². The molecule has 19 heavy (non-hydrogen) atoms. The van der Waals surface area contributed by atoms with Gasteiger partial charge in [-0.2, -0.15) is 0 Å². The van der Waals surface area contributed by atoms with Gasteiger partial charge < -0.3 is 25.2 Å². The summed E-state index contributed by atoms with van der Waals surface area (Å²) in [6.45, 7) is 0. The van der Waals surface area contributed by atoms with Crippen molar-refractivity contribution in [3.05, 3.63) is 47.5 Å². The van der Waals surface area contributed by atoms with E-state index in [1.165, 1.54) is 24.3 Å². The van der Waals surface area contributed by atoms with E-state index in [0.29, 0.717) is 11.1 Å². The lowest BCUT2D eigenvalue weighted by Gasteiger charge is -2.03. The number of epoxide rings is 1. The summed E-state index contributed by atoms with van der Waals surface area (Å²) in [7, 11) is 0. The molecule has 2 aromatic rings. The summed E-state index contributed by atoms with van der Waals surface area (Å²) < 4.78 is 5.45. The van der Waals surface area contributed by atoms with E-state index in [2.05, 4.69) is 0 Å². The summed E-state index contributed by atoms with van der Waals surface area (Å²) in [5.74, 6) is -0.145. The first-order valence-corrected chi connectivity index (χ1v) is 5.75. The second-order valence-corrected chi connectivity index (χ2v) is 4.46. The summed E-state index contributed by atoms with van der Waals surface area (Å²) in [6, 6.07) is 8.56. The van der Waals surface area contributed by atoms with E-state index in [-0.39, 0.29) is 35.2 Å². The highest BCUT2D eigenvalue weighted by molar-refractivity contribution is 5.47. The van der Waals surface area contributed by atoms with E-state index in [1.54, 1.807) is 12.1 Å². The van der Waals surface area contributed by atoms with Crippen LogP contribution < -0.4 is 0 Å². The largest absolute Gasteiger partial charge is 0.508 e. The van der Waals surface area contributed by atoms with Gasteiger partial charge in [-0.15, -0.1) is 0 Å². The third-order valence-corrected chi connectivity index (χ3v) is 3.13. The predicted octanol–water partition coefficient (Wildman–Crippen LogP) is 2.32. The van der Waals surface area contributed by atoms with Crippen molar-refractivity contribution in [2.45, 2.75) is 12.2 Å². The van der Waals surface area contributed by atoms with Crippen LogP contribution in [0.5, 0.6) is 23.0 Å².